The Balaban J connectivity index is 1.85. The molecule has 2 rings (SSSR count). The van der Waals surface area contributed by atoms with Crippen molar-refractivity contribution in [1.29, 1.82) is 0 Å². The lowest BCUT2D eigenvalue weighted by atomic mass is 9.94. The number of nitrogens with zero attached hydrogens (tertiary/aromatic N) is 1. The van der Waals surface area contributed by atoms with Gasteiger partial charge in [0.2, 0.25) is 11.8 Å². The molecule has 106 valence electrons. The topological polar surface area (TPSA) is 101 Å². The molecule has 2 amide bonds. The van der Waals surface area contributed by atoms with Crippen LogP contribution in [0.5, 0.6) is 0 Å². The van der Waals surface area contributed by atoms with Crippen LogP contribution in [0.15, 0.2) is 0 Å². The molecular weight excluding hydrogens is 248 g/mol. The van der Waals surface area contributed by atoms with Crippen molar-refractivity contribution in [1.82, 2.24) is 4.90 Å². The summed E-state index contributed by atoms with van der Waals surface area (Å²) in [5.74, 6) is -1.71. The van der Waals surface area contributed by atoms with Crippen LogP contribution >= 0.6 is 0 Å². The smallest absolute Gasteiger partial charge is 0.306 e. The van der Waals surface area contributed by atoms with Crippen molar-refractivity contribution >= 4 is 17.8 Å². The minimum absolute atomic E-state index is 0.0478. The fraction of sp³-hybridized carbons (Fsp3) is 0.769. The van der Waals surface area contributed by atoms with E-state index in [0.717, 1.165) is 0 Å². The number of rotatable bonds is 3. The molecule has 1 saturated heterocycles. The van der Waals surface area contributed by atoms with Crippen LogP contribution in [0.3, 0.4) is 0 Å². The maximum atomic E-state index is 12.3. The average Bonchev–Trinajstić information content (AvgIpc) is 2.87. The number of nitrogens with two attached hydrogens (primary N) is 1. The van der Waals surface area contributed by atoms with Crippen LogP contribution < -0.4 is 5.73 Å². The molecule has 1 saturated carbocycles. The summed E-state index contributed by atoms with van der Waals surface area (Å²) < 4.78 is 0. The van der Waals surface area contributed by atoms with Crippen molar-refractivity contribution in [3.8, 4) is 0 Å². The number of hydrogen-bond acceptors (Lipinski definition) is 3. The van der Waals surface area contributed by atoms with Gasteiger partial charge in [-0.05, 0) is 32.1 Å². The maximum absolute atomic E-state index is 12.3. The highest BCUT2D eigenvalue weighted by molar-refractivity contribution is 5.82. The molecule has 6 nitrogen and oxygen atoms in total. The number of carboxylic acids is 1. The number of carbonyl (C=O) groups excluding carboxylic acids is 2. The zero-order chi connectivity index (χ0) is 14.0. The number of hydrogen-bond donors (Lipinski definition) is 2. The molecule has 0 bridgehead atoms. The number of likely N-dealkylation sites (tertiary alicyclic amines) is 1. The first-order valence-electron chi connectivity index (χ1n) is 6.80. The molecule has 0 spiro atoms. The predicted octanol–water partition coefficient (Wildman–Crippen LogP) is 0.211. The van der Waals surface area contributed by atoms with Crippen LogP contribution in [0.4, 0.5) is 0 Å². The van der Waals surface area contributed by atoms with Gasteiger partial charge in [0.05, 0.1) is 5.92 Å². The quantitative estimate of drug-likeness (QED) is 0.764. The Morgan fingerprint density at radius 1 is 0.947 bits per heavy atom. The van der Waals surface area contributed by atoms with Gasteiger partial charge in [-0.3, -0.25) is 14.4 Å². The summed E-state index contributed by atoms with van der Waals surface area (Å²) >= 11 is 0. The molecule has 0 aromatic heterocycles. The molecule has 0 radical (unpaired) electrons. The molecular formula is C13H20N2O4. The van der Waals surface area contributed by atoms with E-state index in [1.807, 2.05) is 0 Å². The van der Waals surface area contributed by atoms with Crippen molar-refractivity contribution in [3.63, 3.8) is 0 Å². The molecule has 1 heterocycles. The maximum Gasteiger partial charge on any atom is 0.306 e. The SMILES string of the molecule is NC(=O)C1CCN(C(=O)C2CCC(C(=O)O)C2)CC1. The Hall–Kier alpha value is -1.59. The molecule has 2 unspecified atom stereocenters. The third-order valence-electron chi connectivity index (χ3n) is 4.34. The fourth-order valence-electron chi connectivity index (χ4n) is 3.07. The lowest BCUT2D eigenvalue weighted by molar-refractivity contribution is -0.142. The minimum Gasteiger partial charge on any atom is -0.481 e. The monoisotopic (exact) mass is 268 g/mol. The van der Waals surface area contributed by atoms with Crippen molar-refractivity contribution in [2.45, 2.75) is 32.1 Å². The molecule has 2 atom stereocenters. The van der Waals surface area contributed by atoms with E-state index in [4.69, 9.17) is 10.8 Å². The van der Waals surface area contributed by atoms with Gasteiger partial charge in [-0.2, -0.15) is 0 Å². The first kappa shape index (κ1) is 13.8. The second-order valence-corrected chi connectivity index (χ2v) is 5.55. The van der Waals surface area contributed by atoms with E-state index >= 15 is 0 Å². The zero-order valence-corrected chi connectivity index (χ0v) is 10.9. The Morgan fingerprint density at radius 3 is 2.00 bits per heavy atom. The van der Waals surface area contributed by atoms with E-state index in [1.54, 1.807) is 4.90 Å². The minimum atomic E-state index is -0.803. The van der Waals surface area contributed by atoms with Crippen molar-refractivity contribution < 1.29 is 19.5 Å². The fourth-order valence-corrected chi connectivity index (χ4v) is 3.07. The van der Waals surface area contributed by atoms with Gasteiger partial charge >= 0.3 is 5.97 Å². The zero-order valence-electron chi connectivity index (χ0n) is 10.9. The van der Waals surface area contributed by atoms with Crippen molar-refractivity contribution in [2.75, 3.05) is 13.1 Å². The Bertz CT molecular complexity index is 388. The molecule has 3 N–H and O–H groups in total. The van der Waals surface area contributed by atoms with Crippen molar-refractivity contribution in [2.24, 2.45) is 23.5 Å². The summed E-state index contributed by atoms with van der Waals surface area (Å²) in [4.78, 5) is 36.0. The van der Waals surface area contributed by atoms with E-state index < -0.39 is 5.97 Å². The number of primary amides is 1. The van der Waals surface area contributed by atoms with E-state index in [9.17, 15) is 14.4 Å². The van der Waals surface area contributed by atoms with E-state index in [2.05, 4.69) is 0 Å². The van der Waals surface area contributed by atoms with Crippen molar-refractivity contribution in [3.05, 3.63) is 0 Å². The highest BCUT2D eigenvalue weighted by Crippen LogP contribution is 2.33. The Labute approximate surface area is 111 Å². The van der Waals surface area contributed by atoms with Gasteiger partial charge in [0.1, 0.15) is 0 Å². The van der Waals surface area contributed by atoms with Gasteiger partial charge in [0, 0.05) is 24.9 Å². The molecule has 2 aliphatic rings. The van der Waals surface area contributed by atoms with Gasteiger partial charge in [-0.25, -0.2) is 0 Å². The van der Waals surface area contributed by atoms with Crippen LogP contribution in [-0.2, 0) is 14.4 Å². The Kier molecular flexibility index (Phi) is 4.07. The summed E-state index contributed by atoms with van der Waals surface area (Å²) in [6, 6.07) is 0. The molecule has 2 fully saturated rings. The van der Waals surface area contributed by atoms with Gasteiger partial charge in [0.15, 0.2) is 0 Å². The number of amides is 2. The van der Waals surface area contributed by atoms with E-state index in [0.29, 0.717) is 45.2 Å². The molecule has 0 aromatic carbocycles. The van der Waals surface area contributed by atoms with Gasteiger partial charge in [-0.1, -0.05) is 0 Å². The largest absolute Gasteiger partial charge is 0.481 e. The van der Waals surface area contributed by atoms with Gasteiger partial charge in [-0.15, -0.1) is 0 Å². The molecule has 1 aliphatic heterocycles. The number of carbonyl (C=O) groups is 3. The lowest BCUT2D eigenvalue weighted by Gasteiger charge is -2.32. The highest BCUT2D eigenvalue weighted by atomic mass is 16.4. The normalized spacial score (nSPS) is 28.3. The summed E-state index contributed by atoms with van der Waals surface area (Å²) in [7, 11) is 0. The third kappa shape index (κ3) is 3.05. The number of aliphatic carboxylic acids is 1. The molecule has 19 heavy (non-hydrogen) atoms. The summed E-state index contributed by atoms with van der Waals surface area (Å²) in [6.07, 6.45) is 2.94. The van der Waals surface area contributed by atoms with Gasteiger partial charge < -0.3 is 15.7 Å². The number of piperidine rings is 1. The lowest BCUT2D eigenvalue weighted by Crippen LogP contribution is -2.43. The van der Waals surface area contributed by atoms with E-state index in [-0.39, 0.29) is 29.6 Å². The highest BCUT2D eigenvalue weighted by Gasteiger charge is 2.37. The predicted molar refractivity (Wildman–Crippen MR) is 67.0 cm³/mol. The first-order valence-corrected chi connectivity index (χ1v) is 6.80. The van der Waals surface area contributed by atoms with Gasteiger partial charge in [0.25, 0.3) is 0 Å². The van der Waals surface area contributed by atoms with Crippen LogP contribution in [0.1, 0.15) is 32.1 Å². The summed E-state index contributed by atoms with van der Waals surface area (Å²) in [5, 5.41) is 8.94. The number of carboxylic acid groups (broad SMARTS) is 1. The van der Waals surface area contributed by atoms with E-state index in [1.165, 1.54) is 0 Å². The van der Waals surface area contributed by atoms with Crippen LogP contribution in [0, 0.1) is 17.8 Å². The summed E-state index contributed by atoms with van der Waals surface area (Å²) in [6.45, 7) is 1.11. The Morgan fingerprint density at radius 2 is 1.53 bits per heavy atom. The second kappa shape index (κ2) is 5.59. The molecule has 0 aromatic rings. The molecule has 6 heteroatoms. The van der Waals surface area contributed by atoms with Crippen LogP contribution in [0.25, 0.3) is 0 Å². The standard InChI is InChI=1S/C13H20N2O4/c14-11(16)8-3-5-15(6-4-8)12(17)9-1-2-10(7-9)13(18)19/h8-10H,1-7H2,(H2,14,16)(H,18,19). The second-order valence-electron chi connectivity index (χ2n) is 5.55. The first-order chi connectivity index (χ1) is 8.99. The summed E-state index contributed by atoms with van der Waals surface area (Å²) in [5.41, 5.74) is 5.25. The molecule has 1 aliphatic carbocycles. The third-order valence-corrected chi connectivity index (χ3v) is 4.34. The van der Waals surface area contributed by atoms with Crippen LogP contribution in [0.2, 0.25) is 0 Å². The average molecular weight is 268 g/mol. The van der Waals surface area contributed by atoms with Crippen LogP contribution in [-0.4, -0.2) is 40.9 Å².